The Kier molecular flexibility index (Phi) is 7.85. The first kappa shape index (κ1) is 27.8. The van der Waals surface area contributed by atoms with Crippen molar-refractivity contribution in [2.45, 2.75) is 43.5 Å². The van der Waals surface area contributed by atoms with Gasteiger partial charge in [-0.15, -0.1) is 0 Å². The van der Waals surface area contributed by atoms with Crippen LogP contribution >= 0.6 is 23.2 Å². The average molecular weight is 581 g/mol. The highest BCUT2D eigenvalue weighted by molar-refractivity contribution is 6.31. The molecule has 2 aliphatic rings. The molecule has 12 heteroatoms. The van der Waals surface area contributed by atoms with Gasteiger partial charge >= 0.3 is 0 Å². The van der Waals surface area contributed by atoms with Gasteiger partial charge in [0.1, 0.15) is 35.7 Å². The maximum absolute atomic E-state index is 14.2. The molecule has 1 aliphatic carbocycles. The van der Waals surface area contributed by atoms with Crippen molar-refractivity contribution in [2.75, 3.05) is 26.2 Å². The van der Waals surface area contributed by atoms with Gasteiger partial charge in [-0.25, -0.2) is 8.78 Å². The predicted molar refractivity (Wildman–Crippen MR) is 144 cm³/mol. The molecular formula is C27H28Cl2F2N4O4. The van der Waals surface area contributed by atoms with E-state index in [0.717, 1.165) is 12.1 Å². The fraction of sp³-hybridized carbons (Fsp3) is 0.407. The molecule has 1 saturated carbocycles. The molecule has 2 aromatic carbocycles. The smallest absolute Gasteiger partial charge is 0.256 e. The molecule has 39 heavy (non-hydrogen) atoms. The number of aliphatic hydroxyl groups excluding tert-OH is 1. The van der Waals surface area contributed by atoms with E-state index in [2.05, 4.69) is 5.32 Å². The summed E-state index contributed by atoms with van der Waals surface area (Å²) < 4.78 is 34.9. The Morgan fingerprint density at radius 2 is 1.85 bits per heavy atom. The Balaban J connectivity index is 1.19. The molecule has 1 aromatic heterocycles. The summed E-state index contributed by atoms with van der Waals surface area (Å²) in [6, 6.07) is 6.31. The number of aromatic nitrogens is 1. The molecule has 5 rings (SSSR count). The lowest BCUT2D eigenvalue weighted by atomic mass is 10.0. The highest BCUT2D eigenvalue weighted by atomic mass is 35.5. The molecule has 8 nitrogen and oxygen atoms in total. The van der Waals surface area contributed by atoms with Gasteiger partial charge in [0.25, 0.3) is 5.91 Å². The van der Waals surface area contributed by atoms with Gasteiger partial charge in [-0.1, -0.05) is 23.2 Å². The summed E-state index contributed by atoms with van der Waals surface area (Å²) in [5.74, 6) is -1.61. The van der Waals surface area contributed by atoms with Crippen LogP contribution in [0.25, 0.3) is 10.9 Å². The van der Waals surface area contributed by atoms with Crippen LogP contribution in [0.3, 0.4) is 0 Å². The van der Waals surface area contributed by atoms with E-state index >= 15 is 0 Å². The van der Waals surface area contributed by atoms with E-state index in [4.69, 9.17) is 33.7 Å². The maximum atomic E-state index is 14.2. The van der Waals surface area contributed by atoms with E-state index in [1.807, 2.05) is 4.90 Å². The van der Waals surface area contributed by atoms with Gasteiger partial charge in [-0.3, -0.25) is 9.59 Å². The zero-order chi connectivity index (χ0) is 27.9. The monoisotopic (exact) mass is 580 g/mol. The zero-order valence-electron chi connectivity index (χ0n) is 20.9. The molecule has 1 unspecified atom stereocenters. The minimum absolute atomic E-state index is 0.00540. The van der Waals surface area contributed by atoms with Crippen molar-refractivity contribution in [3.63, 3.8) is 0 Å². The lowest BCUT2D eigenvalue weighted by molar-refractivity contribution is 0.0567. The Morgan fingerprint density at radius 1 is 1.15 bits per heavy atom. The third kappa shape index (κ3) is 6.05. The Bertz CT molecular complexity index is 1470. The number of nitrogens with two attached hydrogens (primary N) is 1. The number of fused-ring (bicyclic) bond motifs is 1. The number of nitrogens with one attached hydrogen (secondary N) is 1. The average Bonchev–Trinajstić information content (AvgIpc) is 3.65. The summed E-state index contributed by atoms with van der Waals surface area (Å²) >= 11 is 11.6. The Hall–Kier alpha value is -2.76. The molecule has 1 saturated heterocycles. The van der Waals surface area contributed by atoms with Crippen molar-refractivity contribution >= 4 is 40.0 Å². The van der Waals surface area contributed by atoms with Crippen molar-refractivity contribution in [3.05, 3.63) is 74.0 Å². The third-order valence-corrected chi connectivity index (χ3v) is 7.85. The molecule has 4 N–H and O–H groups in total. The van der Waals surface area contributed by atoms with Crippen LogP contribution < -0.4 is 21.2 Å². The van der Waals surface area contributed by atoms with Crippen LogP contribution in [0.5, 0.6) is 5.75 Å². The van der Waals surface area contributed by atoms with E-state index in [9.17, 15) is 23.5 Å². The molecule has 1 atom stereocenters. The number of nitrogens with zero attached hydrogens (tertiary/aromatic N) is 2. The quantitative estimate of drug-likeness (QED) is 0.375. The number of hydrogen-bond donors (Lipinski definition) is 3. The fourth-order valence-electron chi connectivity index (χ4n) is 4.85. The summed E-state index contributed by atoms with van der Waals surface area (Å²) in [6.45, 7) is 1.55. The molecule has 2 fully saturated rings. The number of rotatable bonds is 8. The fourth-order valence-corrected chi connectivity index (χ4v) is 5.13. The zero-order valence-corrected chi connectivity index (χ0v) is 22.4. The normalized spacial score (nSPS) is 18.2. The van der Waals surface area contributed by atoms with Crippen molar-refractivity contribution < 1.29 is 23.4 Å². The number of likely N-dealkylation sites (tertiary alicyclic amines) is 1. The molecule has 1 amide bonds. The highest BCUT2D eigenvalue weighted by Crippen LogP contribution is 2.40. The molecule has 0 radical (unpaired) electrons. The van der Waals surface area contributed by atoms with Gasteiger partial charge in [0, 0.05) is 43.3 Å². The second-order valence-electron chi connectivity index (χ2n) is 10.2. The van der Waals surface area contributed by atoms with Crippen molar-refractivity contribution in [1.82, 2.24) is 14.8 Å². The molecule has 208 valence electrons. The van der Waals surface area contributed by atoms with E-state index in [1.54, 1.807) is 4.57 Å². The van der Waals surface area contributed by atoms with E-state index in [-0.39, 0.29) is 39.4 Å². The summed E-state index contributed by atoms with van der Waals surface area (Å²) in [6.07, 6.45) is 3.17. The van der Waals surface area contributed by atoms with Crippen LogP contribution in [0.15, 0.2) is 41.3 Å². The lowest BCUT2D eigenvalue weighted by Crippen LogP contribution is -2.47. The van der Waals surface area contributed by atoms with Gasteiger partial charge in [-0.2, -0.15) is 0 Å². The maximum Gasteiger partial charge on any atom is 0.256 e. The van der Waals surface area contributed by atoms with Gasteiger partial charge in [0.05, 0.1) is 21.2 Å². The number of pyridine rings is 1. The summed E-state index contributed by atoms with van der Waals surface area (Å²) in [4.78, 5) is 28.4. The van der Waals surface area contributed by atoms with E-state index in [0.29, 0.717) is 50.8 Å². The van der Waals surface area contributed by atoms with Gasteiger partial charge < -0.3 is 30.4 Å². The number of halogens is 4. The number of benzene rings is 2. The molecule has 3 aromatic rings. The second kappa shape index (κ2) is 11.0. The number of carbonyl (C=O) groups excluding carboxylic acids is 1. The van der Waals surface area contributed by atoms with Crippen LogP contribution in [-0.2, 0) is 5.66 Å². The number of aliphatic hydroxyl groups is 1. The number of hydrogen-bond acceptors (Lipinski definition) is 6. The molecule has 1 aliphatic heterocycles. The largest absolute Gasteiger partial charge is 0.491 e. The summed E-state index contributed by atoms with van der Waals surface area (Å²) in [5, 5.41) is 13.2. The Labute approximate surface area is 233 Å². The van der Waals surface area contributed by atoms with Crippen molar-refractivity contribution in [3.8, 4) is 5.75 Å². The van der Waals surface area contributed by atoms with Crippen LogP contribution in [0, 0.1) is 11.6 Å². The SMILES string of the molecule is NC1(n2cc(C(=O)NC3CCN(CC(O)COc4ccc(Cl)c(F)c4)CC3)c(=O)c3cc(F)c(Cl)cc32)CC1. The van der Waals surface area contributed by atoms with Crippen LogP contribution in [0.2, 0.25) is 10.0 Å². The van der Waals surface area contributed by atoms with Gasteiger partial charge in [-0.05, 0) is 49.9 Å². The molecular weight excluding hydrogens is 553 g/mol. The van der Waals surface area contributed by atoms with E-state index in [1.165, 1.54) is 24.4 Å². The minimum Gasteiger partial charge on any atom is -0.491 e. The second-order valence-corrected chi connectivity index (χ2v) is 11.0. The van der Waals surface area contributed by atoms with E-state index < -0.39 is 34.7 Å². The highest BCUT2D eigenvalue weighted by Gasteiger charge is 2.41. The van der Waals surface area contributed by atoms with Crippen LogP contribution in [0.4, 0.5) is 8.78 Å². The first-order valence-electron chi connectivity index (χ1n) is 12.7. The standard InChI is InChI=1S/C27H28Cl2F2N4O4/c28-20-2-1-17(9-22(20)30)39-14-16(36)12-34-7-3-15(4-8-34)33-26(38)19-13-35(27(32)5-6-27)24-11-21(29)23(31)10-18(24)25(19)37/h1-2,9-11,13,15-16,36H,3-8,12,14,32H2,(H,33,38). The summed E-state index contributed by atoms with van der Waals surface area (Å²) in [5.41, 5.74) is 5.34. The van der Waals surface area contributed by atoms with Crippen molar-refractivity contribution in [1.29, 1.82) is 0 Å². The molecule has 0 spiro atoms. The first-order chi connectivity index (χ1) is 18.5. The van der Waals surface area contributed by atoms with Gasteiger partial charge in [0.2, 0.25) is 5.43 Å². The number of amides is 1. The Morgan fingerprint density at radius 3 is 2.51 bits per heavy atom. The summed E-state index contributed by atoms with van der Waals surface area (Å²) in [7, 11) is 0. The molecule has 0 bridgehead atoms. The van der Waals surface area contributed by atoms with Crippen molar-refractivity contribution in [2.24, 2.45) is 5.73 Å². The number of β-amino-alcohol motifs (C(OH)–C–C–N with tert-alkyl or cyclic N) is 1. The van der Waals surface area contributed by atoms with Crippen LogP contribution in [-0.4, -0.2) is 58.9 Å². The number of carbonyl (C=O) groups is 1. The first-order valence-corrected chi connectivity index (χ1v) is 13.4. The lowest BCUT2D eigenvalue weighted by Gasteiger charge is -2.33. The third-order valence-electron chi connectivity index (χ3n) is 7.26. The predicted octanol–water partition coefficient (Wildman–Crippen LogP) is 3.63. The number of piperidine rings is 1. The molecule has 2 heterocycles. The topological polar surface area (TPSA) is 110 Å². The number of ether oxygens (including phenoxy) is 1. The van der Waals surface area contributed by atoms with Gasteiger partial charge in [0.15, 0.2) is 0 Å². The van der Waals surface area contributed by atoms with Crippen LogP contribution in [0.1, 0.15) is 36.0 Å². The minimum atomic E-state index is -0.800.